The third-order valence-electron chi connectivity index (χ3n) is 3.62. The zero-order chi connectivity index (χ0) is 15.2. The van der Waals surface area contributed by atoms with Crippen LogP contribution in [0.25, 0.3) is 0 Å². The number of imidazole rings is 1. The zero-order valence-electron chi connectivity index (χ0n) is 12.9. The van der Waals surface area contributed by atoms with Crippen molar-refractivity contribution in [2.75, 3.05) is 7.05 Å². The van der Waals surface area contributed by atoms with Crippen LogP contribution in [0.5, 0.6) is 0 Å². The van der Waals surface area contributed by atoms with Gasteiger partial charge in [-0.1, -0.05) is 26.7 Å². The fourth-order valence-corrected chi connectivity index (χ4v) is 2.55. The second-order valence-corrected chi connectivity index (χ2v) is 5.31. The lowest BCUT2D eigenvalue weighted by molar-refractivity contribution is -0.139. The molecule has 0 saturated carbocycles. The Kier molecular flexibility index (Phi) is 5.75. The van der Waals surface area contributed by atoms with E-state index in [1.54, 1.807) is 18.1 Å². The molecule has 5 heteroatoms. The van der Waals surface area contributed by atoms with Crippen molar-refractivity contribution in [3.8, 4) is 6.07 Å². The number of rotatable bonds is 7. The monoisotopic (exact) mass is 276 g/mol. The average Bonchev–Trinajstić information content (AvgIpc) is 2.83. The number of carbonyl (C=O) groups excluding carboxylic acids is 1. The fraction of sp³-hybridized carbons (Fsp3) is 0.667. The Morgan fingerprint density at radius 1 is 1.45 bits per heavy atom. The molecule has 0 aliphatic carbocycles. The highest BCUT2D eigenvalue weighted by molar-refractivity contribution is 5.85. The van der Waals surface area contributed by atoms with Gasteiger partial charge in [-0.25, -0.2) is 4.98 Å². The second kappa shape index (κ2) is 7.09. The van der Waals surface area contributed by atoms with E-state index in [1.165, 1.54) is 0 Å². The molecule has 1 heterocycles. The molecule has 0 aliphatic heterocycles. The third kappa shape index (κ3) is 3.38. The van der Waals surface area contributed by atoms with Gasteiger partial charge in [0.1, 0.15) is 11.2 Å². The highest BCUT2D eigenvalue weighted by Gasteiger charge is 2.39. The van der Waals surface area contributed by atoms with Crippen LogP contribution in [0.3, 0.4) is 0 Å². The van der Waals surface area contributed by atoms with E-state index in [1.807, 2.05) is 31.7 Å². The molecule has 1 rings (SSSR count). The van der Waals surface area contributed by atoms with Gasteiger partial charge in [0.25, 0.3) is 0 Å². The van der Waals surface area contributed by atoms with Gasteiger partial charge in [-0.05, 0) is 12.8 Å². The predicted octanol–water partition coefficient (Wildman–Crippen LogP) is 2.49. The molecular weight excluding hydrogens is 252 g/mol. The number of amides is 1. The van der Waals surface area contributed by atoms with Gasteiger partial charge < -0.3 is 9.47 Å². The number of hydrogen-bond donors (Lipinski definition) is 0. The molecule has 0 bridgehead atoms. The van der Waals surface area contributed by atoms with Gasteiger partial charge in [-0.3, -0.25) is 4.79 Å². The molecule has 0 fully saturated rings. The van der Waals surface area contributed by atoms with Crippen molar-refractivity contribution in [3.63, 3.8) is 0 Å². The first-order valence-electron chi connectivity index (χ1n) is 7.13. The van der Waals surface area contributed by atoms with E-state index >= 15 is 0 Å². The minimum absolute atomic E-state index is 0.0910. The Labute approximate surface area is 121 Å². The molecule has 0 spiro atoms. The summed E-state index contributed by atoms with van der Waals surface area (Å²) in [5, 5.41) is 9.52. The van der Waals surface area contributed by atoms with Crippen molar-refractivity contribution < 1.29 is 4.79 Å². The van der Waals surface area contributed by atoms with Crippen LogP contribution in [0.4, 0.5) is 0 Å². The summed E-state index contributed by atoms with van der Waals surface area (Å²) in [5.74, 6) is 0.729. The lowest BCUT2D eigenvalue weighted by atomic mass is 9.79. The molecule has 1 amide bonds. The SMILES string of the molecule is CCCC(C#N)(CCC)C(=O)N(C)Cc1nccn1C. The van der Waals surface area contributed by atoms with E-state index in [-0.39, 0.29) is 5.91 Å². The molecule has 0 aliphatic rings. The van der Waals surface area contributed by atoms with Crippen LogP contribution >= 0.6 is 0 Å². The quantitative estimate of drug-likeness (QED) is 0.768. The summed E-state index contributed by atoms with van der Waals surface area (Å²) in [7, 11) is 3.64. The highest BCUT2D eigenvalue weighted by Crippen LogP contribution is 2.31. The molecule has 0 aromatic carbocycles. The van der Waals surface area contributed by atoms with Gasteiger partial charge in [-0.2, -0.15) is 5.26 Å². The molecule has 0 radical (unpaired) electrons. The van der Waals surface area contributed by atoms with E-state index in [4.69, 9.17) is 0 Å². The number of aromatic nitrogens is 2. The summed E-state index contributed by atoms with van der Waals surface area (Å²) in [5.41, 5.74) is -0.886. The molecule has 0 N–H and O–H groups in total. The molecule has 1 aromatic rings. The zero-order valence-corrected chi connectivity index (χ0v) is 12.9. The van der Waals surface area contributed by atoms with E-state index in [0.29, 0.717) is 19.4 Å². The van der Waals surface area contributed by atoms with Crippen LogP contribution in [0.15, 0.2) is 12.4 Å². The summed E-state index contributed by atoms with van der Waals surface area (Å²) in [6, 6.07) is 2.27. The standard InChI is InChI=1S/C15H24N4O/c1-5-7-15(12-16,8-6-2)14(20)19(4)11-13-17-9-10-18(13)3/h9-10H,5-8,11H2,1-4H3. The second-order valence-electron chi connectivity index (χ2n) is 5.31. The molecule has 0 saturated heterocycles. The number of carbonyl (C=O) groups is 1. The Morgan fingerprint density at radius 3 is 2.45 bits per heavy atom. The number of nitrogens with zero attached hydrogens (tertiary/aromatic N) is 4. The largest absolute Gasteiger partial charge is 0.337 e. The minimum Gasteiger partial charge on any atom is -0.337 e. The van der Waals surface area contributed by atoms with Gasteiger partial charge in [0.2, 0.25) is 5.91 Å². The van der Waals surface area contributed by atoms with Crippen molar-refractivity contribution in [2.24, 2.45) is 12.5 Å². The molecular formula is C15H24N4O. The van der Waals surface area contributed by atoms with E-state index in [0.717, 1.165) is 18.7 Å². The lowest BCUT2D eigenvalue weighted by Gasteiger charge is -2.29. The van der Waals surface area contributed by atoms with Crippen molar-refractivity contribution >= 4 is 5.91 Å². The number of hydrogen-bond acceptors (Lipinski definition) is 3. The fourth-order valence-electron chi connectivity index (χ4n) is 2.55. The van der Waals surface area contributed by atoms with E-state index < -0.39 is 5.41 Å². The van der Waals surface area contributed by atoms with Gasteiger partial charge in [0.05, 0.1) is 12.6 Å². The third-order valence-corrected chi connectivity index (χ3v) is 3.62. The van der Waals surface area contributed by atoms with Gasteiger partial charge >= 0.3 is 0 Å². The molecule has 0 unspecified atom stereocenters. The Hall–Kier alpha value is -1.83. The van der Waals surface area contributed by atoms with Crippen LogP contribution in [0.2, 0.25) is 0 Å². The summed E-state index contributed by atoms with van der Waals surface area (Å²) in [6.07, 6.45) is 6.44. The Morgan fingerprint density at radius 2 is 2.05 bits per heavy atom. The Bertz CT molecular complexity index is 480. The topological polar surface area (TPSA) is 61.9 Å². The number of nitriles is 1. The molecule has 20 heavy (non-hydrogen) atoms. The Balaban J connectivity index is 2.89. The van der Waals surface area contributed by atoms with Crippen LogP contribution in [-0.2, 0) is 18.4 Å². The maximum atomic E-state index is 12.7. The minimum atomic E-state index is -0.886. The highest BCUT2D eigenvalue weighted by atomic mass is 16.2. The van der Waals surface area contributed by atoms with E-state index in [2.05, 4.69) is 11.1 Å². The van der Waals surface area contributed by atoms with E-state index in [9.17, 15) is 10.1 Å². The van der Waals surface area contributed by atoms with Crippen molar-refractivity contribution in [3.05, 3.63) is 18.2 Å². The summed E-state index contributed by atoms with van der Waals surface area (Å²) < 4.78 is 1.89. The van der Waals surface area contributed by atoms with Gasteiger partial charge in [0.15, 0.2) is 0 Å². The molecule has 1 aromatic heterocycles. The summed E-state index contributed by atoms with van der Waals surface area (Å²) >= 11 is 0. The first-order valence-corrected chi connectivity index (χ1v) is 7.13. The van der Waals surface area contributed by atoms with Gasteiger partial charge in [-0.15, -0.1) is 0 Å². The molecule has 0 atom stereocenters. The first kappa shape index (κ1) is 16.2. The maximum absolute atomic E-state index is 12.7. The van der Waals surface area contributed by atoms with Crippen molar-refractivity contribution in [1.29, 1.82) is 5.26 Å². The van der Waals surface area contributed by atoms with Gasteiger partial charge in [0, 0.05) is 26.5 Å². The van der Waals surface area contributed by atoms with Crippen molar-refractivity contribution in [1.82, 2.24) is 14.5 Å². The first-order chi connectivity index (χ1) is 9.50. The van der Waals surface area contributed by atoms with Crippen molar-refractivity contribution in [2.45, 2.75) is 46.1 Å². The molecule has 5 nitrogen and oxygen atoms in total. The number of aryl methyl sites for hydroxylation is 1. The molecule has 110 valence electrons. The smallest absolute Gasteiger partial charge is 0.243 e. The lowest BCUT2D eigenvalue weighted by Crippen LogP contribution is -2.41. The average molecular weight is 276 g/mol. The van der Waals surface area contributed by atoms with Crippen LogP contribution in [0.1, 0.15) is 45.4 Å². The summed E-state index contributed by atoms with van der Waals surface area (Å²) in [4.78, 5) is 18.5. The van der Waals surface area contributed by atoms with Crippen LogP contribution in [-0.4, -0.2) is 27.4 Å². The maximum Gasteiger partial charge on any atom is 0.243 e. The van der Waals surface area contributed by atoms with Crippen LogP contribution < -0.4 is 0 Å². The predicted molar refractivity (Wildman–Crippen MR) is 77.5 cm³/mol. The normalized spacial score (nSPS) is 11.2. The summed E-state index contributed by atoms with van der Waals surface area (Å²) in [6.45, 7) is 4.45. The van der Waals surface area contributed by atoms with Crippen LogP contribution in [0, 0.1) is 16.7 Å².